The lowest BCUT2D eigenvalue weighted by Gasteiger charge is -2.02. The third-order valence-electron chi connectivity index (χ3n) is 3.24. The Morgan fingerprint density at radius 1 is 1.41 bits per heavy atom. The van der Waals surface area contributed by atoms with Gasteiger partial charge in [0.2, 0.25) is 0 Å². The Bertz CT molecular complexity index is 797. The molecule has 1 aromatic carbocycles. The second-order valence-electron chi connectivity index (χ2n) is 4.55. The van der Waals surface area contributed by atoms with Crippen LogP contribution < -0.4 is 5.32 Å². The fourth-order valence-corrected chi connectivity index (χ4v) is 2.16. The van der Waals surface area contributed by atoms with E-state index >= 15 is 0 Å². The summed E-state index contributed by atoms with van der Waals surface area (Å²) in [6, 6.07) is 9.32. The van der Waals surface area contributed by atoms with Crippen LogP contribution in [0.25, 0.3) is 17.0 Å². The first-order valence-corrected chi connectivity index (χ1v) is 6.59. The van der Waals surface area contributed by atoms with Crippen LogP contribution in [0.4, 0.5) is 0 Å². The maximum absolute atomic E-state index is 11.6. The van der Waals surface area contributed by atoms with Gasteiger partial charge < -0.3 is 14.6 Å². The van der Waals surface area contributed by atoms with Gasteiger partial charge in [0, 0.05) is 29.7 Å². The molecule has 1 amide bonds. The molecule has 0 unspecified atom stereocenters. The number of carbonyl (C=O) groups excluding carboxylic acids is 2. The number of fused-ring (bicyclic) bond motifs is 1. The first-order valence-electron chi connectivity index (χ1n) is 6.59. The Morgan fingerprint density at radius 2 is 2.14 bits per heavy atom. The lowest BCUT2D eigenvalue weighted by molar-refractivity contribution is -0.141. The van der Waals surface area contributed by atoms with E-state index in [1.54, 1.807) is 10.8 Å². The van der Waals surface area contributed by atoms with Gasteiger partial charge in [0.25, 0.3) is 5.91 Å². The highest BCUT2D eigenvalue weighted by atomic mass is 16.5. The topological polar surface area (TPSA) is 84.1 Å². The number of aromatic nitrogens is 1. The van der Waals surface area contributed by atoms with Crippen molar-refractivity contribution in [3.63, 3.8) is 0 Å². The van der Waals surface area contributed by atoms with E-state index < -0.39 is 5.91 Å². The molecule has 0 atom stereocenters. The zero-order valence-electron chi connectivity index (χ0n) is 12.3. The van der Waals surface area contributed by atoms with Crippen molar-refractivity contribution in [2.75, 3.05) is 14.2 Å². The lowest BCUT2D eigenvalue weighted by atomic mass is 10.1. The molecule has 6 nitrogen and oxygen atoms in total. The van der Waals surface area contributed by atoms with Crippen LogP contribution in [0, 0.1) is 11.3 Å². The number of methoxy groups -OCH3 is 1. The summed E-state index contributed by atoms with van der Waals surface area (Å²) in [7, 11) is 2.79. The average molecular weight is 297 g/mol. The Morgan fingerprint density at radius 3 is 2.77 bits per heavy atom. The molecule has 0 fully saturated rings. The van der Waals surface area contributed by atoms with Crippen molar-refractivity contribution >= 4 is 28.9 Å². The van der Waals surface area contributed by atoms with Crippen LogP contribution in [0.2, 0.25) is 0 Å². The highest BCUT2D eigenvalue weighted by Crippen LogP contribution is 2.23. The number of likely N-dealkylation sites (N-methyl/N-ethyl adjacent to an activating group) is 1. The van der Waals surface area contributed by atoms with Crippen LogP contribution in [0.5, 0.6) is 0 Å². The van der Waals surface area contributed by atoms with E-state index in [9.17, 15) is 9.59 Å². The zero-order chi connectivity index (χ0) is 16.1. The summed E-state index contributed by atoms with van der Waals surface area (Å²) < 4.78 is 6.41. The predicted molar refractivity (Wildman–Crippen MR) is 81.6 cm³/mol. The maximum Gasteiger partial charge on any atom is 0.325 e. The largest absolute Gasteiger partial charge is 0.468 e. The normalized spacial score (nSPS) is 11.0. The van der Waals surface area contributed by atoms with E-state index in [4.69, 9.17) is 5.26 Å². The Kier molecular flexibility index (Phi) is 4.59. The molecule has 1 heterocycles. The first-order chi connectivity index (χ1) is 10.6. The number of hydrogen-bond donors (Lipinski definition) is 1. The van der Waals surface area contributed by atoms with Gasteiger partial charge in [0.1, 0.15) is 18.2 Å². The molecule has 6 heteroatoms. The number of para-hydroxylation sites is 1. The molecule has 0 saturated heterocycles. The number of ether oxygens (including phenoxy) is 1. The van der Waals surface area contributed by atoms with Crippen LogP contribution in [0.3, 0.4) is 0 Å². The van der Waals surface area contributed by atoms with Gasteiger partial charge in [-0.05, 0) is 12.1 Å². The van der Waals surface area contributed by atoms with Crippen molar-refractivity contribution in [2.24, 2.45) is 0 Å². The SMILES string of the molecule is CNC(=O)C(C#N)=Cc1cn(CC(=O)OC)c2ccccc12. The zero-order valence-corrected chi connectivity index (χ0v) is 12.3. The molecule has 0 aliphatic rings. The van der Waals surface area contributed by atoms with Gasteiger partial charge in [0.05, 0.1) is 7.11 Å². The number of hydrogen-bond acceptors (Lipinski definition) is 4. The molecule has 0 saturated carbocycles. The maximum atomic E-state index is 11.6. The van der Waals surface area contributed by atoms with Gasteiger partial charge in [-0.3, -0.25) is 9.59 Å². The molecule has 2 rings (SSSR count). The number of amides is 1. The Balaban J connectivity index is 2.55. The summed E-state index contributed by atoms with van der Waals surface area (Å²) in [4.78, 5) is 23.1. The Labute approximate surface area is 127 Å². The van der Waals surface area contributed by atoms with E-state index in [2.05, 4.69) is 10.1 Å². The minimum Gasteiger partial charge on any atom is -0.468 e. The third-order valence-corrected chi connectivity index (χ3v) is 3.24. The third kappa shape index (κ3) is 2.99. The number of nitriles is 1. The first kappa shape index (κ1) is 15.3. The van der Waals surface area contributed by atoms with Gasteiger partial charge in [-0.2, -0.15) is 5.26 Å². The molecule has 0 aliphatic carbocycles. The van der Waals surface area contributed by atoms with Crippen LogP contribution >= 0.6 is 0 Å². The van der Waals surface area contributed by atoms with E-state index in [1.165, 1.54) is 20.2 Å². The standard InChI is InChI=1S/C16H15N3O3/c1-18-16(21)11(8-17)7-12-9-19(10-15(20)22-2)14-6-4-3-5-13(12)14/h3-7,9H,10H2,1-2H3,(H,18,21). The molecule has 0 spiro atoms. The van der Waals surface area contributed by atoms with Crippen molar-refractivity contribution in [3.05, 3.63) is 41.6 Å². The summed E-state index contributed by atoms with van der Waals surface area (Å²) in [5, 5.41) is 12.4. The van der Waals surface area contributed by atoms with Crippen molar-refractivity contribution in [1.29, 1.82) is 5.26 Å². The monoisotopic (exact) mass is 297 g/mol. The lowest BCUT2D eigenvalue weighted by Crippen LogP contribution is -2.19. The van der Waals surface area contributed by atoms with E-state index in [-0.39, 0.29) is 18.1 Å². The summed E-state index contributed by atoms with van der Waals surface area (Å²) in [5.74, 6) is -0.824. The van der Waals surface area contributed by atoms with Gasteiger partial charge in [-0.15, -0.1) is 0 Å². The molecule has 0 aliphatic heterocycles. The minimum absolute atomic E-state index is 0.00321. The van der Waals surface area contributed by atoms with Crippen molar-refractivity contribution in [2.45, 2.75) is 6.54 Å². The molecule has 0 radical (unpaired) electrons. The van der Waals surface area contributed by atoms with Crippen molar-refractivity contribution < 1.29 is 14.3 Å². The minimum atomic E-state index is -0.452. The highest BCUT2D eigenvalue weighted by molar-refractivity contribution is 6.04. The van der Waals surface area contributed by atoms with E-state index in [0.29, 0.717) is 5.56 Å². The number of rotatable bonds is 4. The summed E-state index contributed by atoms with van der Waals surface area (Å²) in [6.45, 7) is 0.0622. The summed E-state index contributed by atoms with van der Waals surface area (Å²) in [5.41, 5.74) is 1.52. The molecule has 2 aromatic rings. The van der Waals surface area contributed by atoms with Gasteiger partial charge in [0.15, 0.2) is 0 Å². The number of benzene rings is 1. The molecule has 0 bridgehead atoms. The van der Waals surface area contributed by atoms with Crippen LogP contribution in [0.1, 0.15) is 5.56 Å². The average Bonchev–Trinajstić information content (AvgIpc) is 2.89. The molecule has 1 aromatic heterocycles. The molecule has 22 heavy (non-hydrogen) atoms. The Hall–Kier alpha value is -3.07. The number of esters is 1. The predicted octanol–water partition coefficient (Wildman–Crippen LogP) is 1.47. The summed E-state index contributed by atoms with van der Waals surface area (Å²) >= 11 is 0. The number of nitrogens with one attached hydrogen (secondary N) is 1. The van der Waals surface area contributed by atoms with Crippen molar-refractivity contribution in [1.82, 2.24) is 9.88 Å². The second-order valence-corrected chi connectivity index (χ2v) is 4.55. The molecular weight excluding hydrogens is 282 g/mol. The van der Waals surface area contributed by atoms with Gasteiger partial charge >= 0.3 is 5.97 Å². The molecular formula is C16H15N3O3. The smallest absolute Gasteiger partial charge is 0.325 e. The van der Waals surface area contributed by atoms with Gasteiger partial charge in [-0.1, -0.05) is 18.2 Å². The molecule has 1 N–H and O–H groups in total. The quantitative estimate of drug-likeness (QED) is 0.526. The van der Waals surface area contributed by atoms with Crippen LogP contribution in [0.15, 0.2) is 36.0 Å². The summed E-state index contributed by atoms with van der Waals surface area (Å²) in [6.07, 6.45) is 3.23. The van der Waals surface area contributed by atoms with E-state index in [1.807, 2.05) is 30.3 Å². The number of carbonyl (C=O) groups is 2. The second kappa shape index (κ2) is 6.59. The van der Waals surface area contributed by atoms with Crippen molar-refractivity contribution in [3.8, 4) is 6.07 Å². The van der Waals surface area contributed by atoms with E-state index in [0.717, 1.165) is 10.9 Å². The fraction of sp³-hybridized carbons (Fsp3) is 0.188. The fourth-order valence-electron chi connectivity index (χ4n) is 2.16. The van der Waals surface area contributed by atoms with Crippen LogP contribution in [-0.2, 0) is 20.9 Å². The van der Waals surface area contributed by atoms with Crippen LogP contribution in [-0.4, -0.2) is 30.6 Å². The van der Waals surface area contributed by atoms with Gasteiger partial charge in [-0.25, -0.2) is 0 Å². The number of nitrogens with zero attached hydrogens (tertiary/aromatic N) is 2. The highest BCUT2D eigenvalue weighted by Gasteiger charge is 2.12. The molecule has 112 valence electrons.